The molecule has 1 aromatic carbocycles. The second-order valence-electron chi connectivity index (χ2n) is 4.89. The van der Waals surface area contributed by atoms with E-state index in [9.17, 15) is 13.6 Å². The quantitative estimate of drug-likeness (QED) is 0.595. The van der Waals surface area contributed by atoms with Crippen LogP contribution < -0.4 is 5.73 Å². The molecule has 1 aliphatic heterocycles. The molecule has 2 N–H and O–H groups in total. The van der Waals surface area contributed by atoms with Crippen LogP contribution in [0.3, 0.4) is 0 Å². The van der Waals surface area contributed by atoms with Crippen molar-refractivity contribution in [3.05, 3.63) is 32.9 Å². The first-order chi connectivity index (χ1) is 8.93. The Labute approximate surface area is 136 Å². The maximum absolute atomic E-state index is 13.3. The topological polar surface area (TPSA) is 46.3 Å². The summed E-state index contributed by atoms with van der Waals surface area (Å²) in [6.07, 6.45) is 0.850. The molecule has 1 saturated heterocycles. The summed E-state index contributed by atoms with van der Waals surface area (Å²) < 4.78 is 26.8. The highest BCUT2D eigenvalue weighted by atomic mass is 127. The van der Waals surface area contributed by atoms with E-state index in [1.807, 2.05) is 29.5 Å². The summed E-state index contributed by atoms with van der Waals surface area (Å²) in [5.41, 5.74) is 5.83. The van der Waals surface area contributed by atoms with Gasteiger partial charge in [0.05, 0.1) is 5.56 Å². The molecule has 3 nitrogen and oxygen atoms in total. The van der Waals surface area contributed by atoms with Gasteiger partial charge in [-0.05, 0) is 60.5 Å². The van der Waals surface area contributed by atoms with Crippen molar-refractivity contribution in [2.75, 3.05) is 13.1 Å². The monoisotopic (exact) mass is 416 g/mol. The first-order valence-electron chi connectivity index (χ1n) is 6.09. The van der Waals surface area contributed by atoms with E-state index < -0.39 is 11.6 Å². The van der Waals surface area contributed by atoms with Crippen LogP contribution in [0.5, 0.6) is 0 Å². The third kappa shape index (κ3) is 3.40. The molecule has 7 heteroatoms. The van der Waals surface area contributed by atoms with Crippen molar-refractivity contribution in [2.45, 2.75) is 19.4 Å². The van der Waals surface area contributed by atoms with Crippen LogP contribution in [0.25, 0.3) is 0 Å². The van der Waals surface area contributed by atoms with Gasteiger partial charge in [0.25, 0.3) is 5.91 Å². The Bertz CT molecular complexity index is 515. The fourth-order valence-corrected chi connectivity index (χ4v) is 3.10. The Balaban J connectivity index is 0.00000200. The second-order valence-corrected chi connectivity index (χ2v) is 6.05. The lowest BCUT2D eigenvalue weighted by Gasteiger charge is -2.22. The van der Waals surface area contributed by atoms with Gasteiger partial charge in [0.1, 0.15) is 0 Å². The minimum Gasteiger partial charge on any atom is -0.336 e. The molecule has 112 valence electrons. The Morgan fingerprint density at radius 1 is 1.45 bits per heavy atom. The number of hydrogen-bond donors (Lipinski definition) is 1. The van der Waals surface area contributed by atoms with Crippen molar-refractivity contribution in [3.8, 4) is 0 Å². The normalized spacial score (nSPS) is 21.8. The summed E-state index contributed by atoms with van der Waals surface area (Å²) in [6, 6.07) is 2.09. The highest BCUT2D eigenvalue weighted by Gasteiger charge is 2.33. The number of halogens is 4. The van der Waals surface area contributed by atoms with Crippen molar-refractivity contribution in [1.29, 1.82) is 0 Å². The Hall–Kier alpha value is -0.470. The summed E-state index contributed by atoms with van der Waals surface area (Å²) in [6.45, 7) is 3.05. The molecule has 1 fully saturated rings. The summed E-state index contributed by atoms with van der Waals surface area (Å²) in [7, 11) is 0. The molecular formula is C13H16ClF2IN2O. The SMILES string of the molecule is CC1CC(CN)CN1C(=O)c1cc(F)c(F)cc1I.Cl. The minimum atomic E-state index is -0.994. The molecular weight excluding hydrogens is 401 g/mol. The number of rotatable bonds is 2. The van der Waals surface area contributed by atoms with Gasteiger partial charge in [0.15, 0.2) is 11.6 Å². The molecule has 0 saturated carbocycles. The Morgan fingerprint density at radius 2 is 2.05 bits per heavy atom. The second kappa shape index (κ2) is 7.00. The van der Waals surface area contributed by atoms with Gasteiger partial charge in [-0.3, -0.25) is 4.79 Å². The van der Waals surface area contributed by atoms with E-state index in [1.165, 1.54) is 0 Å². The number of carbonyl (C=O) groups excluding carboxylic acids is 1. The largest absolute Gasteiger partial charge is 0.336 e. The lowest BCUT2D eigenvalue weighted by atomic mass is 10.1. The molecule has 20 heavy (non-hydrogen) atoms. The van der Waals surface area contributed by atoms with Crippen LogP contribution in [0.2, 0.25) is 0 Å². The van der Waals surface area contributed by atoms with E-state index in [1.54, 1.807) is 4.90 Å². The van der Waals surface area contributed by atoms with Crippen molar-refractivity contribution in [1.82, 2.24) is 4.90 Å². The van der Waals surface area contributed by atoms with E-state index >= 15 is 0 Å². The molecule has 0 aliphatic carbocycles. The van der Waals surface area contributed by atoms with Gasteiger partial charge in [-0.25, -0.2) is 8.78 Å². The highest BCUT2D eigenvalue weighted by molar-refractivity contribution is 14.1. The number of hydrogen-bond acceptors (Lipinski definition) is 2. The van der Waals surface area contributed by atoms with E-state index in [0.717, 1.165) is 18.6 Å². The average molecular weight is 417 g/mol. The van der Waals surface area contributed by atoms with Gasteiger partial charge in [0, 0.05) is 16.2 Å². The Morgan fingerprint density at radius 3 is 2.60 bits per heavy atom. The summed E-state index contributed by atoms with van der Waals surface area (Å²) >= 11 is 1.85. The summed E-state index contributed by atoms with van der Waals surface area (Å²) in [4.78, 5) is 14.1. The van der Waals surface area contributed by atoms with Gasteiger partial charge in [-0.15, -0.1) is 12.4 Å². The van der Waals surface area contributed by atoms with E-state index in [4.69, 9.17) is 5.73 Å². The molecule has 1 aromatic rings. The molecule has 1 aliphatic rings. The first kappa shape index (κ1) is 17.6. The lowest BCUT2D eigenvalue weighted by molar-refractivity contribution is 0.0741. The predicted molar refractivity (Wildman–Crippen MR) is 84.0 cm³/mol. The van der Waals surface area contributed by atoms with Gasteiger partial charge in [-0.2, -0.15) is 0 Å². The van der Waals surface area contributed by atoms with Crippen molar-refractivity contribution in [2.24, 2.45) is 11.7 Å². The maximum atomic E-state index is 13.3. The fourth-order valence-electron chi connectivity index (χ4n) is 2.44. The van der Waals surface area contributed by atoms with Crippen LogP contribution in [0.4, 0.5) is 8.78 Å². The van der Waals surface area contributed by atoms with E-state index in [2.05, 4.69) is 0 Å². The molecule has 0 spiro atoms. The van der Waals surface area contributed by atoms with E-state index in [0.29, 0.717) is 16.7 Å². The van der Waals surface area contributed by atoms with Crippen LogP contribution in [0.15, 0.2) is 12.1 Å². The summed E-state index contributed by atoms with van der Waals surface area (Å²) in [5.74, 6) is -1.91. The average Bonchev–Trinajstić information content (AvgIpc) is 2.74. The standard InChI is InChI=1S/C13H15F2IN2O.ClH/c1-7-2-8(5-17)6-18(7)13(19)9-3-10(14)11(15)4-12(9)16;/h3-4,7-8H,2,5-6,17H2,1H3;1H. The van der Waals surface area contributed by atoms with Crippen LogP contribution in [-0.2, 0) is 0 Å². The number of nitrogens with two attached hydrogens (primary N) is 1. The van der Waals surface area contributed by atoms with E-state index in [-0.39, 0.29) is 35.8 Å². The molecule has 0 radical (unpaired) electrons. The van der Waals surface area contributed by atoms with Gasteiger partial charge >= 0.3 is 0 Å². The molecule has 2 unspecified atom stereocenters. The van der Waals surface area contributed by atoms with Gasteiger partial charge < -0.3 is 10.6 Å². The highest BCUT2D eigenvalue weighted by Crippen LogP contribution is 2.26. The maximum Gasteiger partial charge on any atom is 0.255 e. The lowest BCUT2D eigenvalue weighted by Crippen LogP contribution is -2.35. The third-order valence-corrected chi connectivity index (χ3v) is 4.39. The molecule has 2 atom stereocenters. The molecule has 1 heterocycles. The van der Waals surface area contributed by atoms with Crippen LogP contribution in [0, 0.1) is 21.1 Å². The third-order valence-electron chi connectivity index (χ3n) is 3.50. The van der Waals surface area contributed by atoms with Crippen molar-refractivity contribution in [3.63, 3.8) is 0 Å². The zero-order valence-corrected chi connectivity index (χ0v) is 13.9. The first-order valence-corrected chi connectivity index (χ1v) is 7.17. The number of nitrogens with zero attached hydrogens (tertiary/aromatic N) is 1. The molecule has 0 bridgehead atoms. The fraction of sp³-hybridized carbons (Fsp3) is 0.462. The number of carbonyl (C=O) groups is 1. The number of benzene rings is 1. The minimum absolute atomic E-state index is 0. The van der Waals surface area contributed by atoms with Gasteiger partial charge in [0.2, 0.25) is 0 Å². The van der Waals surface area contributed by atoms with Crippen molar-refractivity contribution >= 4 is 40.9 Å². The number of likely N-dealkylation sites (tertiary alicyclic amines) is 1. The molecule has 1 amide bonds. The van der Waals surface area contributed by atoms with Crippen LogP contribution in [0.1, 0.15) is 23.7 Å². The van der Waals surface area contributed by atoms with Gasteiger partial charge in [-0.1, -0.05) is 0 Å². The Kier molecular flexibility index (Phi) is 6.15. The molecule has 0 aromatic heterocycles. The number of amides is 1. The smallest absolute Gasteiger partial charge is 0.255 e. The zero-order chi connectivity index (χ0) is 14.2. The predicted octanol–water partition coefficient (Wildman–Crippen LogP) is 2.80. The molecule has 2 rings (SSSR count). The van der Waals surface area contributed by atoms with Crippen LogP contribution in [-0.4, -0.2) is 29.9 Å². The van der Waals surface area contributed by atoms with Crippen LogP contribution >= 0.6 is 35.0 Å². The summed E-state index contributed by atoms with van der Waals surface area (Å²) in [5, 5.41) is 0. The zero-order valence-electron chi connectivity index (χ0n) is 10.9. The van der Waals surface area contributed by atoms with Crippen molar-refractivity contribution < 1.29 is 13.6 Å².